The van der Waals surface area contributed by atoms with Gasteiger partial charge in [0.2, 0.25) is 17.6 Å². The quantitative estimate of drug-likeness (QED) is 0.192. The van der Waals surface area contributed by atoms with E-state index in [4.69, 9.17) is 4.74 Å². The molecular formula is C36H56N4O6. The number of nitrogens with one attached hydrogen (secondary N) is 3. The Morgan fingerprint density at radius 2 is 1.78 bits per heavy atom. The van der Waals surface area contributed by atoms with Crippen LogP contribution in [0.15, 0.2) is 24.3 Å². The van der Waals surface area contributed by atoms with Crippen LogP contribution in [0.4, 0.5) is 4.79 Å². The minimum Gasteiger partial charge on any atom is -0.444 e. The summed E-state index contributed by atoms with van der Waals surface area (Å²) in [5.74, 6) is -2.15. The van der Waals surface area contributed by atoms with E-state index in [9.17, 15) is 24.0 Å². The zero-order valence-electron chi connectivity index (χ0n) is 28.6. The normalized spacial score (nSPS) is 25.3. The SMILES string of the molecule is C=CCCC(NC(=O)[C@@H]1C2C(CN1C(=O)[C@@H](NC(=O)OC(C)(C)C)C1CCCCC1)C2(C)C)C(=O)C(=O)NCCC1=CCCCC1. The highest BCUT2D eigenvalue weighted by molar-refractivity contribution is 6.38. The maximum Gasteiger partial charge on any atom is 0.408 e. The summed E-state index contributed by atoms with van der Waals surface area (Å²) in [4.78, 5) is 69.2. The molecule has 2 saturated carbocycles. The lowest BCUT2D eigenvalue weighted by Crippen LogP contribution is -2.59. The summed E-state index contributed by atoms with van der Waals surface area (Å²) in [7, 11) is 0. The van der Waals surface area contributed by atoms with Crippen LogP contribution in [0.25, 0.3) is 0 Å². The number of nitrogens with zero attached hydrogens (tertiary/aromatic N) is 1. The predicted octanol–water partition coefficient (Wildman–Crippen LogP) is 4.97. The van der Waals surface area contributed by atoms with Gasteiger partial charge in [-0.2, -0.15) is 0 Å². The highest BCUT2D eigenvalue weighted by Gasteiger charge is 2.69. The van der Waals surface area contributed by atoms with E-state index in [1.807, 2.05) is 0 Å². The highest BCUT2D eigenvalue weighted by Crippen LogP contribution is 2.65. The molecule has 0 bridgehead atoms. The van der Waals surface area contributed by atoms with Crippen LogP contribution < -0.4 is 16.0 Å². The minimum absolute atomic E-state index is 0.0580. The fraction of sp³-hybridized carbons (Fsp3) is 0.750. The van der Waals surface area contributed by atoms with Gasteiger partial charge in [-0.15, -0.1) is 6.58 Å². The zero-order valence-corrected chi connectivity index (χ0v) is 28.6. The Bertz CT molecular complexity index is 1200. The van der Waals surface area contributed by atoms with Crippen molar-refractivity contribution in [2.75, 3.05) is 13.1 Å². The van der Waals surface area contributed by atoms with E-state index in [1.165, 1.54) is 12.0 Å². The number of hydrogen-bond acceptors (Lipinski definition) is 6. The minimum atomic E-state index is -1.04. The number of amides is 4. The molecular weight excluding hydrogens is 584 g/mol. The molecule has 3 N–H and O–H groups in total. The Morgan fingerprint density at radius 3 is 2.41 bits per heavy atom. The summed E-state index contributed by atoms with van der Waals surface area (Å²) in [6, 6.07) is -2.65. The van der Waals surface area contributed by atoms with Crippen LogP contribution >= 0.6 is 0 Å². The summed E-state index contributed by atoms with van der Waals surface area (Å²) >= 11 is 0. The lowest BCUT2D eigenvalue weighted by atomic mass is 9.83. The predicted molar refractivity (Wildman–Crippen MR) is 177 cm³/mol. The smallest absolute Gasteiger partial charge is 0.408 e. The van der Waals surface area contributed by atoms with E-state index in [2.05, 4.69) is 42.5 Å². The molecule has 1 heterocycles. The van der Waals surface area contributed by atoms with Gasteiger partial charge in [-0.1, -0.05) is 50.8 Å². The van der Waals surface area contributed by atoms with Crippen molar-refractivity contribution in [3.63, 3.8) is 0 Å². The Labute approximate surface area is 274 Å². The van der Waals surface area contributed by atoms with E-state index >= 15 is 0 Å². The Kier molecular flexibility index (Phi) is 11.8. The fourth-order valence-electron chi connectivity index (χ4n) is 7.80. The van der Waals surface area contributed by atoms with Crippen molar-refractivity contribution in [2.45, 2.75) is 135 Å². The molecule has 1 saturated heterocycles. The van der Waals surface area contributed by atoms with E-state index in [0.717, 1.165) is 51.4 Å². The van der Waals surface area contributed by atoms with E-state index in [-0.39, 0.29) is 35.5 Å². The van der Waals surface area contributed by atoms with Crippen molar-refractivity contribution >= 4 is 29.6 Å². The molecule has 0 spiro atoms. The summed E-state index contributed by atoms with van der Waals surface area (Å²) in [6.45, 7) is 14.0. The lowest BCUT2D eigenvalue weighted by molar-refractivity contribution is -0.145. The van der Waals surface area contributed by atoms with Crippen LogP contribution in [0.5, 0.6) is 0 Å². The van der Waals surface area contributed by atoms with Gasteiger partial charge in [-0.05, 0) is 102 Å². The first-order valence-corrected chi connectivity index (χ1v) is 17.5. The summed E-state index contributed by atoms with van der Waals surface area (Å²) in [5.41, 5.74) is 0.429. The molecule has 0 aromatic carbocycles. The number of Topliss-reactive ketones (excluding diaryl/α,β-unsaturated/α-hetero) is 1. The number of carbonyl (C=O) groups excluding carboxylic acids is 5. The molecule has 10 nitrogen and oxygen atoms in total. The maximum absolute atomic E-state index is 14.3. The second-order valence-corrected chi connectivity index (χ2v) is 15.3. The monoisotopic (exact) mass is 640 g/mol. The third-order valence-electron chi connectivity index (χ3n) is 10.5. The van der Waals surface area contributed by atoms with E-state index in [0.29, 0.717) is 25.9 Å². The van der Waals surface area contributed by atoms with Crippen molar-refractivity contribution in [3.05, 3.63) is 24.3 Å². The molecule has 3 fully saturated rings. The van der Waals surface area contributed by atoms with Crippen LogP contribution in [-0.2, 0) is 23.9 Å². The van der Waals surface area contributed by atoms with Crippen molar-refractivity contribution < 1.29 is 28.7 Å². The summed E-state index contributed by atoms with van der Waals surface area (Å²) in [6.07, 6.45) is 13.6. The number of rotatable bonds is 13. The van der Waals surface area contributed by atoms with Gasteiger partial charge in [0.25, 0.3) is 5.91 Å². The molecule has 1 aliphatic heterocycles. The molecule has 0 radical (unpaired) electrons. The standard InChI is InChI=1S/C36H56N4O6/c1-7-8-19-26(30(41)32(43)37-21-20-23-15-11-9-12-16-23)38-31(42)29-27-25(36(27,5)6)22-40(29)33(44)28(24-17-13-10-14-18-24)39-34(45)46-35(2,3)4/h7,15,24-29H,1,8-14,16-22H2,2-6H3,(H,37,43)(H,38,42)(H,39,45)/t25?,26?,27?,28-,29-/m0/s1. The van der Waals surface area contributed by atoms with Crippen LogP contribution in [0, 0.1) is 23.2 Å². The van der Waals surface area contributed by atoms with Gasteiger partial charge in [0.1, 0.15) is 17.7 Å². The first-order chi connectivity index (χ1) is 21.7. The number of ether oxygens (including phenoxy) is 1. The van der Waals surface area contributed by atoms with Crippen LogP contribution in [0.3, 0.4) is 0 Å². The number of hydrogen-bond donors (Lipinski definition) is 3. The van der Waals surface area contributed by atoms with Crippen LogP contribution in [-0.4, -0.2) is 71.3 Å². The summed E-state index contributed by atoms with van der Waals surface area (Å²) in [5, 5.41) is 8.49. The highest BCUT2D eigenvalue weighted by atomic mass is 16.6. The van der Waals surface area contributed by atoms with Gasteiger partial charge >= 0.3 is 6.09 Å². The van der Waals surface area contributed by atoms with Crippen molar-refractivity contribution in [1.29, 1.82) is 0 Å². The van der Waals surface area contributed by atoms with E-state index < -0.39 is 47.4 Å². The Balaban J connectivity index is 1.48. The van der Waals surface area contributed by atoms with Gasteiger partial charge in [0.05, 0.1) is 6.04 Å². The molecule has 0 aromatic rings. The first-order valence-electron chi connectivity index (χ1n) is 17.5. The third-order valence-corrected chi connectivity index (χ3v) is 10.5. The van der Waals surface area contributed by atoms with Crippen LogP contribution in [0.1, 0.15) is 112 Å². The number of fused-ring (bicyclic) bond motifs is 1. The maximum atomic E-state index is 14.3. The molecule has 5 atom stereocenters. The van der Waals surface area contributed by atoms with Crippen molar-refractivity contribution in [1.82, 2.24) is 20.9 Å². The number of allylic oxidation sites excluding steroid dienone is 2. The number of carbonyl (C=O) groups is 5. The van der Waals surface area contributed by atoms with Gasteiger partial charge in [-0.3, -0.25) is 19.2 Å². The molecule has 256 valence electrons. The largest absolute Gasteiger partial charge is 0.444 e. The van der Waals surface area contributed by atoms with Crippen LogP contribution in [0.2, 0.25) is 0 Å². The summed E-state index contributed by atoms with van der Waals surface area (Å²) < 4.78 is 5.52. The average Bonchev–Trinajstić information content (AvgIpc) is 3.32. The van der Waals surface area contributed by atoms with E-state index in [1.54, 1.807) is 31.7 Å². The molecule has 0 aromatic heterocycles. The Morgan fingerprint density at radius 1 is 1.07 bits per heavy atom. The number of piperidine rings is 1. The van der Waals surface area contributed by atoms with Gasteiger partial charge in [0.15, 0.2) is 0 Å². The van der Waals surface area contributed by atoms with Crippen molar-refractivity contribution in [3.8, 4) is 0 Å². The topological polar surface area (TPSA) is 134 Å². The Hall–Kier alpha value is -3.17. The number of ketones is 1. The second-order valence-electron chi connectivity index (χ2n) is 15.3. The molecule has 4 aliphatic rings. The molecule has 10 heteroatoms. The zero-order chi connectivity index (χ0) is 33.6. The number of alkyl carbamates (subject to hydrolysis) is 1. The van der Waals surface area contributed by atoms with Gasteiger partial charge < -0.3 is 25.6 Å². The van der Waals surface area contributed by atoms with Gasteiger partial charge in [-0.25, -0.2) is 4.79 Å². The first kappa shape index (κ1) is 35.7. The van der Waals surface area contributed by atoms with Gasteiger partial charge in [0, 0.05) is 13.1 Å². The fourth-order valence-corrected chi connectivity index (χ4v) is 7.80. The molecule has 3 unspecified atom stereocenters. The average molecular weight is 641 g/mol. The number of likely N-dealkylation sites (tertiary alicyclic amines) is 1. The lowest BCUT2D eigenvalue weighted by Gasteiger charge is -2.37. The van der Waals surface area contributed by atoms with Crippen molar-refractivity contribution in [2.24, 2.45) is 23.2 Å². The third kappa shape index (κ3) is 8.79. The second kappa shape index (κ2) is 15.2. The molecule has 46 heavy (non-hydrogen) atoms. The molecule has 4 rings (SSSR count). The molecule has 4 amide bonds. The molecule has 3 aliphatic carbocycles.